The Morgan fingerprint density at radius 2 is 1.45 bits per heavy atom. The molecule has 130 valence electrons. The zero-order chi connectivity index (χ0) is 15.9. The average molecular weight is 310 g/mol. The number of amides is 1. The molecule has 2 heteroatoms. The zero-order valence-corrected chi connectivity index (χ0v) is 15.0. The maximum atomic E-state index is 11.8. The Morgan fingerprint density at radius 1 is 0.864 bits per heavy atom. The molecule has 1 fully saturated rings. The van der Waals surface area contributed by atoms with Gasteiger partial charge in [0.05, 0.1) is 0 Å². The van der Waals surface area contributed by atoms with E-state index in [1.807, 2.05) is 0 Å². The van der Waals surface area contributed by atoms with Gasteiger partial charge < -0.3 is 5.32 Å². The third kappa shape index (κ3) is 11.1. The Morgan fingerprint density at radius 3 is 2.09 bits per heavy atom. The molecule has 0 aromatic carbocycles. The maximum absolute atomic E-state index is 11.8. The Balaban J connectivity index is 1.80. The topological polar surface area (TPSA) is 29.1 Å². The number of hydrogen-bond donors (Lipinski definition) is 1. The monoisotopic (exact) mass is 309 g/mol. The van der Waals surface area contributed by atoms with Crippen molar-refractivity contribution in [2.45, 2.75) is 110 Å². The molecule has 0 heterocycles. The van der Waals surface area contributed by atoms with Crippen LogP contribution in [0.4, 0.5) is 0 Å². The summed E-state index contributed by atoms with van der Waals surface area (Å²) in [4.78, 5) is 11.8. The molecule has 1 saturated carbocycles. The summed E-state index contributed by atoms with van der Waals surface area (Å²) in [5, 5.41) is 3.10. The van der Waals surface area contributed by atoms with Gasteiger partial charge in [0.1, 0.15) is 0 Å². The van der Waals surface area contributed by atoms with Crippen molar-refractivity contribution in [1.82, 2.24) is 5.32 Å². The lowest BCUT2D eigenvalue weighted by Gasteiger charge is -2.20. The fourth-order valence-electron chi connectivity index (χ4n) is 3.56. The Hall–Kier alpha value is -0.530. The highest BCUT2D eigenvalue weighted by atomic mass is 16.1. The molecule has 1 N–H and O–H groups in total. The van der Waals surface area contributed by atoms with E-state index in [9.17, 15) is 4.79 Å². The third-order valence-electron chi connectivity index (χ3n) is 5.11. The minimum atomic E-state index is 0.283. The molecule has 1 aliphatic rings. The van der Waals surface area contributed by atoms with E-state index in [1.165, 1.54) is 83.5 Å². The van der Waals surface area contributed by atoms with Crippen LogP contribution in [-0.2, 0) is 4.79 Å². The van der Waals surface area contributed by atoms with Crippen molar-refractivity contribution in [2.75, 3.05) is 6.54 Å². The van der Waals surface area contributed by atoms with Crippen molar-refractivity contribution in [3.05, 3.63) is 0 Å². The van der Waals surface area contributed by atoms with Crippen molar-refractivity contribution in [3.8, 4) is 0 Å². The molecule has 1 amide bonds. The fraction of sp³-hybridized carbons (Fsp3) is 0.950. The number of carbonyl (C=O) groups is 1. The standard InChI is InChI=1S/C20H39NO/c1-2-3-4-5-6-7-8-9-13-18-21-20(22)17-16-19-14-11-10-12-15-19/h19H,2-18H2,1H3,(H,21,22). The van der Waals surface area contributed by atoms with Gasteiger partial charge in [-0.2, -0.15) is 0 Å². The van der Waals surface area contributed by atoms with Crippen molar-refractivity contribution in [2.24, 2.45) is 5.92 Å². The minimum absolute atomic E-state index is 0.283. The molecule has 0 saturated heterocycles. The van der Waals surface area contributed by atoms with Crippen LogP contribution in [0.3, 0.4) is 0 Å². The molecule has 0 aromatic heterocycles. The van der Waals surface area contributed by atoms with Gasteiger partial charge in [-0.25, -0.2) is 0 Å². The lowest BCUT2D eigenvalue weighted by molar-refractivity contribution is -0.121. The summed E-state index contributed by atoms with van der Waals surface area (Å²) in [6.07, 6.45) is 20.8. The first-order valence-corrected chi connectivity index (χ1v) is 10.1. The first-order valence-electron chi connectivity index (χ1n) is 10.1. The number of carbonyl (C=O) groups excluding carboxylic acids is 1. The second-order valence-electron chi connectivity index (χ2n) is 7.22. The highest BCUT2D eigenvalue weighted by Crippen LogP contribution is 2.27. The van der Waals surface area contributed by atoms with Crippen LogP contribution in [0, 0.1) is 5.92 Å². The molecular weight excluding hydrogens is 270 g/mol. The third-order valence-corrected chi connectivity index (χ3v) is 5.11. The van der Waals surface area contributed by atoms with Crippen molar-refractivity contribution >= 4 is 5.91 Å². The Bertz CT molecular complexity index is 258. The molecule has 0 aliphatic heterocycles. The molecule has 0 atom stereocenters. The molecule has 22 heavy (non-hydrogen) atoms. The second-order valence-corrected chi connectivity index (χ2v) is 7.22. The molecule has 0 aromatic rings. The van der Waals surface area contributed by atoms with Gasteiger partial charge >= 0.3 is 0 Å². The molecule has 0 bridgehead atoms. The largest absolute Gasteiger partial charge is 0.356 e. The molecule has 0 spiro atoms. The predicted octanol–water partition coefficient (Wildman–Crippen LogP) is 5.99. The van der Waals surface area contributed by atoms with E-state index in [-0.39, 0.29) is 5.91 Å². The molecular formula is C20H39NO. The van der Waals surface area contributed by atoms with Crippen LogP contribution in [0.5, 0.6) is 0 Å². The SMILES string of the molecule is CCCCCCCCCCCNC(=O)CCC1CCCCC1. The van der Waals surface area contributed by atoms with E-state index < -0.39 is 0 Å². The highest BCUT2D eigenvalue weighted by Gasteiger charge is 2.14. The summed E-state index contributed by atoms with van der Waals surface area (Å²) < 4.78 is 0. The van der Waals surface area contributed by atoms with Crippen molar-refractivity contribution in [1.29, 1.82) is 0 Å². The summed E-state index contributed by atoms with van der Waals surface area (Å²) >= 11 is 0. The van der Waals surface area contributed by atoms with E-state index >= 15 is 0 Å². The normalized spacial score (nSPS) is 15.9. The first-order chi connectivity index (χ1) is 10.8. The van der Waals surface area contributed by atoms with Gasteiger partial charge in [0, 0.05) is 13.0 Å². The summed E-state index contributed by atoms with van der Waals surface area (Å²) in [7, 11) is 0. The van der Waals surface area contributed by atoms with Gasteiger partial charge in [0.15, 0.2) is 0 Å². The molecule has 1 rings (SSSR count). The number of unbranched alkanes of at least 4 members (excludes halogenated alkanes) is 8. The van der Waals surface area contributed by atoms with Crippen LogP contribution < -0.4 is 5.32 Å². The molecule has 1 aliphatic carbocycles. The Labute approximate surface area is 138 Å². The van der Waals surface area contributed by atoms with Crippen molar-refractivity contribution < 1.29 is 4.79 Å². The molecule has 0 radical (unpaired) electrons. The minimum Gasteiger partial charge on any atom is -0.356 e. The second kappa shape index (κ2) is 14.1. The summed E-state index contributed by atoms with van der Waals surface area (Å²) in [5.41, 5.74) is 0. The Kier molecular flexibility index (Phi) is 12.5. The zero-order valence-electron chi connectivity index (χ0n) is 15.0. The van der Waals surface area contributed by atoms with Crippen LogP contribution in [0.2, 0.25) is 0 Å². The van der Waals surface area contributed by atoms with Gasteiger partial charge in [-0.3, -0.25) is 4.79 Å². The quantitative estimate of drug-likeness (QED) is 0.416. The first kappa shape index (κ1) is 19.5. The highest BCUT2D eigenvalue weighted by molar-refractivity contribution is 5.75. The van der Waals surface area contributed by atoms with Crippen LogP contribution in [0.25, 0.3) is 0 Å². The van der Waals surface area contributed by atoms with E-state index in [2.05, 4.69) is 12.2 Å². The van der Waals surface area contributed by atoms with E-state index in [1.54, 1.807) is 0 Å². The maximum Gasteiger partial charge on any atom is 0.220 e. The smallest absolute Gasteiger partial charge is 0.220 e. The number of hydrogen-bond acceptors (Lipinski definition) is 1. The lowest BCUT2D eigenvalue weighted by Crippen LogP contribution is -2.25. The molecule has 2 nitrogen and oxygen atoms in total. The van der Waals surface area contributed by atoms with Gasteiger partial charge in [-0.05, 0) is 18.8 Å². The van der Waals surface area contributed by atoms with Gasteiger partial charge in [-0.1, -0.05) is 90.4 Å². The van der Waals surface area contributed by atoms with Crippen LogP contribution in [0.1, 0.15) is 110 Å². The summed E-state index contributed by atoms with van der Waals surface area (Å²) in [6.45, 7) is 3.16. The predicted molar refractivity (Wildman–Crippen MR) is 96.0 cm³/mol. The van der Waals surface area contributed by atoms with Gasteiger partial charge in [-0.15, -0.1) is 0 Å². The summed E-state index contributed by atoms with van der Waals surface area (Å²) in [6, 6.07) is 0. The summed E-state index contributed by atoms with van der Waals surface area (Å²) in [5.74, 6) is 1.11. The number of rotatable bonds is 13. The van der Waals surface area contributed by atoms with Gasteiger partial charge in [0.25, 0.3) is 0 Å². The fourth-order valence-corrected chi connectivity index (χ4v) is 3.56. The molecule has 0 unspecified atom stereocenters. The van der Waals surface area contributed by atoms with Gasteiger partial charge in [0.2, 0.25) is 5.91 Å². The van der Waals surface area contributed by atoms with E-state index in [0.717, 1.165) is 31.7 Å². The average Bonchev–Trinajstić information content (AvgIpc) is 2.55. The number of nitrogens with one attached hydrogen (secondary N) is 1. The van der Waals surface area contributed by atoms with E-state index in [4.69, 9.17) is 0 Å². The van der Waals surface area contributed by atoms with Crippen LogP contribution >= 0.6 is 0 Å². The van der Waals surface area contributed by atoms with Crippen molar-refractivity contribution in [3.63, 3.8) is 0 Å². The van der Waals surface area contributed by atoms with E-state index in [0.29, 0.717) is 0 Å². The van der Waals surface area contributed by atoms with Crippen LogP contribution in [0.15, 0.2) is 0 Å². The lowest BCUT2D eigenvalue weighted by atomic mass is 9.86. The van der Waals surface area contributed by atoms with Crippen LogP contribution in [-0.4, -0.2) is 12.5 Å².